The van der Waals surface area contributed by atoms with Gasteiger partial charge in [0.25, 0.3) is 6.47 Å². The van der Waals surface area contributed by atoms with Gasteiger partial charge in [-0.25, -0.2) is 4.79 Å². The molecule has 0 aliphatic rings. The molecule has 0 rings (SSSR count). The van der Waals surface area contributed by atoms with Crippen molar-refractivity contribution in [3.63, 3.8) is 0 Å². The van der Waals surface area contributed by atoms with Gasteiger partial charge < -0.3 is 9.47 Å². The molecule has 0 aliphatic carbocycles. The van der Waals surface area contributed by atoms with E-state index in [0.717, 1.165) is 6.42 Å². The Morgan fingerprint density at radius 1 is 1.43 bits per heavy atom. The summed E-state index contributed by atoms with van der Waals surface area (Å²) in [7, 11) is 0. The van der Waals surface area contributed by atoms with Crippen LogP contribution in [0.4, 0.5) is 0 Å². The van der Waals surface area contributed by atoms with Crippen LogP contribution in [0.1, 0.15) is 34.1 Å². The Kier molecular flexibility index (Phi) is 5.20. The first-order valence-electron chi connectivity index (χ1n) is 4.69. The van der Waals surface area contributed by atoms with E-state index in [1.165, 1.54) is 13.8 Å². The summed E-state index contributed by atoms with van der Waals surface area (Å²) < 4.78 is 9.54. The summed E-state index contributed by atoms with van der Waals surface area (Å²) in [6.07, 6.45) is 0.808. The third-order valence-electron chi connectivity index (χ3n) is 1.76. The van der Waals surface area contributed by atoms with E-state index in [0.29, 0.717) is 12.5 Å². The van der Waals surface area contributed by atoms with Crippen LogP contribution >= 0.6 is 0 Å². The van der Waals surface area contributed by atoms with E-state index in [-0.39, 0.29) is 6.47 Å². The molecule has 0 atom stereocenters. The van der Waals surface area contributed by atoms with Crippen LogP contribution in [-0.2, 0) is 19.1 Å². The second-order valence-electron chi connectivity index (χ2n) is 4.04. The third-order valence-corrected chi connectivity index (χ3v) is 1.76. The second-order valence-corrected chi connectivity index (χ2v) is 4.04. The van der Waals surface area contributed by atoms with Crippen molar-refractivity contribution in [2.24, 2.45) is 5.92 Å². The zero-order valence-electron chi connectivity index (χ0n) is 9.20. The second kappa shape index (κ2) is 5.62. The lowest BCUT2D eigenvalue weighted by atomic mass is 10.1. The van der Waals surface area contributed by atoms with Crippen molar-refractivity contribution in [2.45, 2.75) is 39.7 Å². The SMILES string of the molecule is CC(C)CCOC(=O)C(C)(C)OC=O. The highest BCUT2D eigenvalue weighted by molar-refractivity contribution is 5.79. The summed E-state index contributed by atoms with van der Waals surface area (Å²) in [5.74, 6) is -0.0249. The monoisotopic (exact) mass is 202 g/mol. The van der Waals surface area contributed by atoms with Crippen LogP contribution in [0.2, 0.25) is 0 Å². The molecule has 82 valence electrons. The highest BCUT2D eigenvalue weighted by Crippen LogP contribution is 2.11. The normalized spacial score (nSPS) is 11.2. The minimum absolute atomic E-state index is 0.254. The van der Waals surface area contributed by atoms with E-state index in [1.807, 2.05) is 13.8 Å². The molecule has 0 fully saturated rings. The molecule has 0 aliphatic heterocycles. The first-order valence-corrected chi connectivity index (χ1v) is 4.69. The van der Waals surface area contributed by atoms with Crippen LogP contribution in [-0.4, -0.2) is 24.6 Å². The van der Waals surface area contributed by atoms with E-state index in [4.69, 9.17) is 4.74 Å². The Morgan fingerprint density at radius 2 is 2.00 bits per heavy atom. The van der Waals surface area contributed by atoms with Gasteiger partial charge in [-0.3, -0.25) is 4.79 Å². The van der Waals surface area contributed by atoms with Gasteiger partial charge in [-0.05, 0) is 26.2 Å². The molecule has 0 amide bonds. The lowest BCUT2D eigenvalue weighted by molar-refractivity contribution is -0.171. The van der Waals surface area contributed by atoms with Crippen molar-refractivity contribution in [3.05, 3.63) is 0 Å². The van der Waals surface area contributed by atoms with E-state index in [2.05, 4.69) is 4.74 Å². The molecule has 0 saturated heterocycles. The van der Waals surface area contributed by atoms with Gasteiger partial charge in [0, 0.05) is 0 Å². The van der Waals surface area contributed by atoms with Gasteiger partial charge in [0.15, 0.2) is 0 Å². The van der Waals surface area contributed by atoms with Gasteiger partial charge in [0.1, 0.15) is 0 Å². The minimum Gasteiger partial charge on any atom is -0.463 e. The molecule has 14 heavy (non-hydrogen) atoms. The maximum Gasteiger partial charge on any atom is 0.349 e. The standard InChI is InChI=1S/C10H18O4/c1-8(2)5-6-13-9(12)10(3,4)14-7-11/h7-8H,5-6H2,1-4H3. The van der Waals surface area contributed by atoms with Crippen LogP contribution in [0.3, 0.4) is 0 Å². The summed E-state index contributed by atoms with van der Waals surface area (Å²) in [5, 5.41) is 0. The van der Waals surface area contributed by atoms with Crippen molar-refractivity contribution in [1.29, 1.82) is 0 Å². The zero-order chi connectivity index (χ0) is 11.2. The van der Waals surface area contributed by atoms with Crippen molar-refractivity contribution >= 4 is 12.4 Å². The topological polar surface area (TPSA) is 52.6 Å². The first kappa shape index (κ1) is 12.9. The van der Waals surface area contributed by atoms with E-state index in [1.54, 1.807) is 0 Å². The van der Waals surface area contributed by atoms with Crippen molar-refractivity contribution < 1.29 is 19.1 Å². The Morgan fingerprint density at radius 3 is 2.43 bits per heavy atom. The Labute approximate surface area is 84.6 Å². The van der Waals surface area contributed by atoms with Gasteiger partial charge in [0.05, 0.1) is 6.61 Å². The van der Waals surface area contributed by atoms with Crippen molar-refractivity contribution in [2.75, 3.05) is 6.61 Å². The maximum absolute atomic E-state index is 11.3. The number of hydrogen-bond donors (Lipinski definition) is 0. The molecule has 0 heterocycles. The van der Waals surface area contributed by atoms with Gasteiger partial charge >= 0.3 is 5.97 Å². The van der Waals surface area contributed by atoms with Crippen LogP contribution in [0.15, 0.2) is 0 Å². The van der Waals surface area contributed by atoms with Crippen LogP contribution in [0.25, 0.3) is 0 Å². The van der Waals surface area contributed by atoms with Gasteiger partial charge in [-0.1, -0.05) is 13.8 Å². The molecule has 4 nitrogen and oxygen atoms in total. The quantitative estimate of drug-likeness (QED) is 0.484. The molecule has 4 heteroatoms. The largest absolute Gasteiger partial charge is 0.463 e. The molecule has 0 saturated carbocycles. The van der Waals surface area contributed by atoms with Crippen LogP contribution in [0, 0.1) is 5.92 Å². The van der Waals surface area contributed by atoms with Crippen molar-refractivity contribution in [1.82, 2.24) is 0 Å². The molecular weight excluding hydrogens is 184 g/mol. The fraction of sp³-hybridized carbons (Fsp3) is 0.800. The summed E-state index contributed by atoms with van der Waals surface area (Å²) in [4.78, 5) is 21.4. The lowest BCUT2D eigenvalue weighted by Crippen LogP contribution is -2.36. The van der Waals surface area contributed by atoms with E-state index < -0.39 is 11.6 Å². The predicted octanol–water partition coefficient (Wildman–Crippen LogP) is 1.53. The van der Waals surface area contributed by atoms with Gasteiger partial charge in [0.2, 0.25) is 5.60 Å². The molecule has 0 bridgehead atoms. The van der Waals surface area contributed by atoms with Crippen LogP contribution < -0.4 is 0 Å². The summed E-state index contributed by atoms with van der Waals surface area (Å²) in [5.41, 5.74) is -1.18. The van der Waals surface area contributed by atoms with Gasteiger partial charge in [-0.2, -0.15) is 0 Å². The predicted molar refractivity (Wildman–Crippen MR) is 51.6 cm³/mol. The molecule has 0 aromatic heterocycles. The Bertz CT molecular complexity index is 196. The molecule has 0 spiro atoms. The molecule has 0 radical (unpaired) electrons. The highest BCUT2D eigenvalue weighted by atomic mass is 16.6. The molecule has 0 N–H and O–H groups in total. The summed E-state index contributed by atoms with van der Waals surface area (Å²) in [6.45, 7) is 7.70. The summed E-state index contributed by atoms with van der Waals surface area (Å²) >= 11 is 0. The fourth-order valence-electron chi connectivity index (χ4n) is 0.730. The summed E-state index contributed by atoms with van der Waals surface area (Å²) in [6, 6.07) is 0. The van der Waals surface area contributed by atoms with Crippen LogP contribution in [0.5, 0.6) is 0 Å². The Balaban J connectivity index is 3.88. The average Bonchev–Trinajstić information content (AvgIpc) is 2.03. The van der Waals surface area contributed by atoms with E-state index in [9.17, 15) is 9.59 Å². The minimum atomic E-state index is -1.18. The smallest absolute Gasteiger partial charge is 0.349 e. The molecular formula is C10H18O4. The number of carbonyl (C=O) groups is 2. The molecule has 0 aromatic carbocycles. The lowest BCUT2D eigenvalue weighted by Gasteiger charge is -2.20. The third kappa shape index (κ3) is 4.84. The number of hydrogen-bond acceptors (Lipinski definition) is 4. The molecule has 0 unspecified atom stereocenters. The average molecular weight is 202 g/mol. The number of ether oxygens (including phenoxy) is 2. The zero-order valence-corrected chi connectivity index (χ0v) is 9.20. The molecule has 0 aromatic rings. The highest BCUT2D eigenvalue weighted by Gasteiger charge is 2.30. The number of esters is 1. The van der Waals surface area contributed by atoms with Crippen molar-refractivity contribution in [3.8, 4) is 0 Å². The van der Waals surface area contributed by atoms with E-state index >= 15 is 0 Å². The first-order chi connectivity index (χ1) is 6.40. The maximum atomic E-state index is 11.3. The Hall–Kier alpha value is -1.06. The fourth-order valence-corrected chi connectivity index (χ4v) is 0.730. The number of rotatable bonds is 6. The van der Waals surface area contributed by atoms with Gasteiger partial charge in [-0.15, -0.1) is 0 Å². The number of carbonyl (C=O) groups excluding carboxylic acids is 2.